The summed E-state index contributed by atoms with van der Waals surface area (Å²) in [5, 5.41) is 23.6. The summed E-state index contributed by atoms with van der Waals surface area (Å²) in [6.07, 6.45) is 57.5. The van der Waals surface area contributed by atoms with Gasteiger partial charge in [-0.2, -0.15) is 0 Å². The summed E-state index contributed by atoms with van der Waals surface area (Å²) in [7, 11) is 0. The van der Waals surface area contributed by atoms with Crippen molar-refractivity contribution in [2.24, 2.45) is 0 Å². The Morgan fingerprint density at radius 1 is 0.526 bits per heavy atom. The van der Waals surface area contributed by atoms with E-state index in [0.717, 1.165) is 77.0 Å². The van der Waals surface area contributed by atoms with Gasteiger partial charge < -0.3 is 20.3 Å². The number of nitrogens with one attached hydrogen (secondary N) is 1. The second-order valence-electron chi connectivity index (χ2n) is 15.2. The fraction of sp³-hybridized carbons (Fsp3) is 0.647. The van der Waals surface area contributed by atoms with Crippen LogP contribution in [-0.2, 0) is 14.3 Å². The predicted octanol–water partition coefficient (Wildman–Crippen LogP) is 13.4. The maximum Gasteiger partial charge on any atom is 0.306 e. The van der Waals surface area contributed by atoms with Crippen LogP contribution in [0.4, 0.5) is 0 Å². The van der Waals surface area contributed by atoms with Gasteiger partial charge in [0.15, 0.2) is 0 Å². The number of hydrogen-bond donors (Lipinski definition) is 3. The van der Waals surface area contributed by atoms with E-state index >= 15 is 0 Å². The lowest BCUT2D eigenvalue weighted by molar-refractivity contribution is -0.151. The molecule has 0 aliphatic rings. The third-order valence-corrected chi connectivity index (χ3v) is 9.85. The zero-order valence-electron chi connectivity index (χ0n) is 36.7. The van der Waals surface area contributed by atoms with Crippen molar-refractivity contribution in [1.82, 2.24) is 5.32 Å². The molecule has 1 amide bonds. The zero-order chi connectivity index (χ0) is 41.7. The molecule has 0 radical (unpaired) electrons. The molecule has 0 saturated carbocycles. The molecule has 3 N–H and O–H groups in total. The average molecular weight is 792 g/mol. The molecule has 0 heterocycles. The Morgan fingerprint density at radius 2 is 0.947 bits per heavy atom. The molecular weight excluding hydrogens is 707 g/mol. The molecule has 0 spiro atoms. The van der Waals surface area contributed by atoms with Crippen LogP contribution in [0.2, 0.25) is 0 Å². The summed E-state index contributed by atoms with van der Waals surface area (Å²) in [6, 6.07) is -0.727. The number of unbranched alkanes of at least 4 members (excludes halogenated alkanes) is 17. The van der Waals surface area contributed by atoms with E-state index in [1.807, 2.05) is 54.7 Å². The first-order chi connectivity index (χ1) is 28.0. The van der Waals surface area contributed by atoms with Crippen LogP contribution in [0.25, 0.3) is 0 Å². The SMILES string of the molecule is CC/C=C/C=C/C=C\C=C/C=C/CCCC(=O)OC(CCCCCCC/C=C/C=C/C=C/CC)CC(=O)NC(CO)C(O)CCCCCCCCCCCCCC. The van der Waals surface area contributed by atoms with Gasteiger partial charge in [-0.05, 0) is 57.8 Å². The number of esters is 1. The molecule has 6 nitrogen and oxygen atoms in total. The van der Waals surface area contributed by atoms with Crippen LogP contribution in [0.3, 0.4) is 0 Å². The van der Waals surface area contributed by atoms with Crippen LogP contribution >= 0.6 is 0 Å². The number of amides is 1. The Morgan fingerprint density at radius 3 is 1.44 bits per heavy atom. The van der Waals surface area contributed by atoms with E-state index in [-0.39, 0.29) is 31.3 Å². The van der Waals surface area contributed by atoms with Crippen molar-refractivity contribution in [2.45, 2.75) is 206 Å². The molecular formula is C51H85NO5. The highest BCUT2D eigenvalue weighted by molar-refractivity contribution is 5.77. The van der Waals surface area contributed by atoms with Crippen molar-refractivity contribution >= 4 is 11.9 Å². The number of allylic oxidation sites excluding steroid dienone is 16. The molecule has 3 unspecified atom stereocenters. The van der Waals surface area contributed by atoms with Gasteiger partial charge in [0.25, 0.3) is 0 Å². The van der Waals surface area contributed by atoms with Crippen molar-refractivity contribution in [3.63, 3.8) is 0 Å². The van der Waals surface area contributed by atoms with E-state index in [1.54, 1.807) is 0 Å². The number of aliphatic hydroxyl groups is 2. The summed E-state index contributed by atoms with van der Waals surface area (Å²) >= 11 is 0. The first-order valence-electron chi connectivity index (χ1n) is 23.1. The lowest BCUT2D eigenvalue weighted by Gasteiger charge is -2.24. The summed E-state index contributed by atoms with van der Waals surface area (Å²) in [5.41, 5.74) is 0. The third-order valence-electron chi connectivity index (χ3n) is 9.85. The molecule has 0 aromatic heterocycles. The van der Waals surface area contributed by atoms with E-state index in [4.69, 9.17) is 4.74 Å². The lowest BCUT2D eigenvalue weighted by atomic mass is 10.0. The second kappa shape index (κ2) is 43.9. The Balaban J connectivity index is 4.77. The maximum atomic E-state index is 13.1. The Labute approximate surface area is 350 Å². The Bertz CT molecular complexity index is 1160. The van der Waals surface area contributed by atoms with Gasteiger partial charge in [0.1, 0.15) is 6.10 Å². The highest BCUT2D eigenvalue weighted by atomic mass is 16.5. The molecule has 6 heteroatoms. The van der Waals surface area contributed by atoms with E-state index in [9.17, 15) is 19.8 Å². The maximum absolute atomic E-state index is 13.1. The summed E-state index contributed by atoms with van der Waals surface area (Å²) < 4.78 is 5.86. The van der Waals surface area contributed by atoms with E-state index in [2.05, 4.69) is 68.6 Å². The Hall–Kier alpha value is -3.22. The quantitative estimate of drug-likeness (QED) is 0.0327. The molecule has 0 bridgehead atoms. The first kappa shape index (κ1) is 53.8. The largest absolute Gasteiger partial charge is 0.462 e. The topological polar surface area (TPSA) is 95.9 Å². The van der Waals surface area contributed by atoms with E-state index < -0.39 is 18.2 Å². The number of carbonyl (C=O) groups is 2. The van der Waals surface area contributed by atoms with Gasteiger partial charge >= 0.3 is 5.97 Å². The number of hydrogen-bond acceptors (Lipinski definition) is 5. The minimum Gasteiger partial charge on any atom is -0.462 e. The first-order valence-corrected chi connectivity index (χ1v) is 23.1. The molecule has 0 saturated heterocycles. The summed E-state index contributed by atoms with van der Waals surface area (Å²) in [6.45, 7) is 6.16. The minimum absolute atomic E-state index is 0.0294. The fourth-order valence-corrected chi connectivity index (χ4v) is 6.40. The monoisotopic (exact) mass is 792 g/mol. The number of carbonyl (C=O) groups excluding carboxylic acids is 2. The fourth-order valence-electron chi connectivity index (χ4n) is 6.40. The minimum atomic E-state index is -0.810. The van der Waals surface area contributed by atoms with Gasteiger partial charge in [-0.1, -0.05) is 214 Å². The average Bonchev–Trinajstić information content (AvgIpc) is 3.20. The van der Waals surface area contributed by atoms with Gasteiger partial charge in [-0.25, -0.2) is 0 Å². The van der Waals surface area contributed by atoms with Gasteiger partial charge in [0.2, 0.25) is 5.91 Å². The highest BCUT2D eigenvalue weighted by Gasteiger charge is 2.24. The smallest absolute Gasteiger partial charge is 0.306 e. The van der Waals surface area contributed by atoms with Gasteiger partial charge in [0.05, 0.1) is 25.2 Å². The molecule has 0 aromatic rings. The van der Waals surface area contributed by atoms with Crippen LogP contribution < -0.4 is 5.32 Å². The zero-order valence-corrected chi connectivity index (χ0v) is 36.7. The molecule has 0 rings (SSSR count). The second-order valence-corrected chi connectivity index (χ2v) is 15.2. The molecule has 57 heavy (non-hydrogen) atoms. The number of aliphatic hydroxyl groups excluding tert-OH is 2. The van der Waals surface area contributed by atoms with Crippen molar-refractivity contribution in [1.29, 1.82) is 0 Å². The van der Waals surface area contributed by atoms with Gasteiger partial charge in [-0.15, -0.1) is 0 Å². The summed E-state index contributed by atoms with van der Waals surface area (Å²) in [5.74, 6) is -0.594. The molecule has 324 valence electrons. The molecule has 0 aromatic carbocycles. The van der Waals surface area contributed by atoms with Crippen molar-refractivity contribution < 1.29 is 24.5 Å². The van der Waals surface area contributed by atoms with E-state index in [1.165, 1.54) is 57.8 Å². The predicted molar refractivity (Wildman–Crippen MR) is 245 cm³/mol. The molecule has 0 fully saturated rings. The number of rotatable bonds is 39. The molecule has 0 aliphatic carbocycles. The Kier molecular flexibility index (Phi) is 41.4. The molecule has 3 atom stereocenters. The van der Waals surface area contributed by atoms with Crippen LogP contribution in [0, 0.1) is 0 Å². The van der Waals surface area contributed by atoms with Crippen molar-refractivity contribution in [3.05, 3.63) is 97.2 Å². The van der Waals surface area contributed by atoms with Crippen LogP contribution in [0.5, 0.6) is 0 Å². The van der Waals surface area contributed by atoms with Gasteiger partial charge in [-0.3, -0.25) is 9.59 Å². The van der Waals surface area contributed by atoms with E-state index in [0.29, 0.717) is 19.3 Å². The van der Waals surface area contributed by atoms with Crippen molar-refractivity contribution in [2.75, 3.05) is 6.61 Å². The third kappa shape index (κ3) is 39.4. The van der Waals surface area contributed by atoms with Crippen LogP contribution in [0.15, 0.2) is 97.2 Å². The molecule has 0 aliphatic heterocycles. The van der Waals surface area contributed by atoms with Crippen LogP contribution in [-0.4, -0.2) is 46.9 Å². The normalized spacial score (nSPS) is 14.3. The standard InChI is InChI=1S/C51H85NO5/c1-4-7-10-13-16-19-22-25-27-30-33-36-39-42-47(57-51(56)44-41-38-35-32-29-26-23-20-17-14-11-8-5-2)45-50(55)52-48(46-53)49(54)43-40-37-34-31-28-24-21-18-15-12-9-6-3/h7-8,10-11,13-14,16-17,19-20,22-23,26,29,32,35,47-49,53-54H,4-6,9,12,15,18,21,24-25,27-28,30-31,33-34,36-46H2,1-3H3,(H,52,55)/b10-7+,11-8+,16-13+,17-14+,22-19+,23-20-,29-26-,35-32+. The highest BCUT2D eigenvalue weighted by Crippen LogP contribution is 2.17. The lowest BCUT2D eigenvalue weighted by Crippen LogP contribution is -2.46. The number of ether oxygens (including phenoxy) is 1. The summed E-state index contributed by atoms with van der Waals surface area (Å²) in [4.78, 5) is 26.0. The van der Waals surface area contributed by atoms with Crippen LogP contribution in [0.1, 0.15) is 188 Å². The van der Waals surface area contributed by atoms with Gasteiger partial charge in [0, 0.05) is 6.42 Å². The van der Waals surface area contributed by atoms with Crippen molar-refractivity contribution in [3.8, 4) is 0 Å².